The summed E-state index contributed by atoms with van der Waals surface area (Å²) in [6, 6.07) is 7.70. The zero-order valence-electron chi connectivity index (χ0n) is 15.9. The highest BCUT2D eigenvalue weighted by atomic mass is 16.5. The molecule has 3 heterocycles. The Morgan fingerprint density at radius 1 is 1.07 bits per heavy atom. The van der Waals surface area contributed by atoms with Crippen molar-refractivity contribution in [1.82, 2.24) is 14.8 Å². The quantitative estimate of drug-likeness (QED) is 0.903. The van der Waals surface area contributed by atoms with Crippen LogP contribution in [0.25, 0.3) is 0 Å². The van der Waals surface area contributed by atoms with Gasteiger partial charge in [0.15, 0.2) is 0 Å². The van der Waals surface area contributed by atoms with Crippen LogP contribution in [0.1, 0.15) is 32.9 Å². The van der Waals surface area contributed by atoms with Gasteiger partial charge in [0.05, 0.1) is 13.0 Å². The van der Waals surface area contributed by atoms with Gasteiger partial charge in [-0.3, -0.25) is 9.59 Å². The normalized spacial score (nSPS) is 16.2. The molecule has 0 atom stereocenters. The molecule has 0 spiro atoms. The maximum atomic E-state index is 12.8. The van der Waals surface area contributed by atoms with Crippen LogP contribution in [0, 0.1) is 13.8 Å². The molecular weight excluding hydrogens is 342 g/mol. The largest absolute Gasteiger partial charge is 0.493 e. The highest BCUT2D eigenvalue weighted by Gasteiger charge is 2.26. The van der Waals surface area contributed by atoms with Gasteiger partial charge in [-0.15, -0.1) is 0 Å². The van der Waals surface area contributed by atoms with E-state index in [-0.39, 0.29) is 11.8 Å². The summed E-state index contributed by atoms with van der Waals surface area (Å²) in [5, 5.41) is 0. The third-order valence-corrected chi connectivity index (χ3v) is 5.45. The lowest BCUT2D eigenvalue weighted by Gasteiger charge is -2.35. The Bertz CT molecular complexity index is 879. The summed E-state index contributed by atoms with van der Waals surface area (Å²) in [7, 11) is 0. The molecule has 6 nitrogen and oxygen atoms in total. The number of benzene rings is 1. The van der Waals surface area contributed by atoms with Crippen LogP contribution in [0.4, 0.5) is 0 Å². The van der Waals surface area contributed by atoms with E-state index in [0.717, 1.165) is 34.7 Å². The third kappa shape index (κ3) is 3.56. The molecule has 6 heteroatoms. The van der Waals surface area contributed by atoms with Crippen LogP contribution in [0.5, 0.6) is 5.75 Å². The lowest BCUT2D eigenvalue weighted by atomic mass is 10.1. The van der Waals surface area contributed by atoms with E-state index < -0.39 is 0 Å². The first-order valence-corrected chi connectivity index (χ1v) is 9.49. The Kier molecular flexibility index (Phi) is 4.64. The number of carbonyl (C=O) groups excluding carboxylic acids is 2. The van der Waals surface area contributed by atoms with Crippen LogP contribution in [-0.4, -0.2) is 59.4 Å². The van der Waals surface area contributed by atoms with Gasteiger partial charge in [-0.25, -0.2) is 0 Å². The number of piperazine rings is 1. The van der Waals surface area contributed by atoms with Crippen molar-refractivity contribution in [3.05, 3.63) is 52.3 Å². The fourth-order valence-corrected chi connectivity index (χ4v) is 3.90. The first-order valence-electron chi connectivity index (χ1n) is 9.49. The minimum atomic E-state index is 0.0360. The molecule has 2 amide bonds. The maximum absolute atomic E-state index is 12.8. The number of aromatic nitrogens is 1. The molecule has 2 aromatic rings. The van der Waals surface area contributed by atoms with Crippen molar-refractivity contribution in [1.29, 1.82) is 0 Å². The molecule has 1 N–H and O–H groups in total. The van der Waals surface area contributed by atoms with Crippen LogP contribution >= 0.6 is 0 Å². The number of aryl methyl sites for hydroxylation is 2. The molecule has 0 unspecified atom stereocenters. The van der Waals surface area contributed by atoms with Crippen molar-refractivity contribution in [3.8, 4) is 5.75 Å². The molecule has 0 aliphatic carbocycles. The zero-order valence-corrected chi connectivity index (χ0v) is 15.9. The number of nitrogens with one attached hydrogen (secondary N) is 1. The number of fused-ring (bicyclic) bond motifs is 1. The molecule has 1 aromatic heterocycles. The SMILES string of the molecule is Cc1cc(CC(=O)N2CCN(C(=O)c3ccc4c(c3)CCO4)CC2)c(C)[nH]1. The predicted molar refractivity (Wildman–Crippen MR) is 102 cm³/mol. The number of aromatic amines is 1. The lowest BCUT2D eigenvalue weighted by molar-refractivity contribution is -0.131. The number of nitrogens with zero attached hydrogens (tertiary/aromatic N) is 2. The van der Waals surface area contributed by atoms with E-state index in [1.54, 1.807) is 0 Å². The zero-order chi connectivity index (χ0) is 19.0. The Hall–Kier alpha value is -2.76. The van der Waals surface area contributed by atoms with Gasteiger partial charge in [-0.2, -0.15) is 0 Å². The van der Waals surface area contributed by atoms with E-state index in [9.17, 15) is 9.59 Å². The van der Waals surface area contributed by atoms with Crippen LogP contribution in [-0.2, 0) is 17.6 Å². The van der Waals surface area contributed by atoms with E-state index in [1.165, 1.54) is 0 Å². The average molecular weight is 367 g/mol. The molecule has 0 bridgehead atoms. The minimum absolute atomic E-state index is 0.0360. The second-order valence-electron chi connectivity index (χ2n) is 7.37. The summed E-state index contributed by atoms with van der Waals surface area (Å²) >= 11 is 0. The molecule has 2 aliphatic rings. The van der Waals surface area contributed by atoms with Gasteiger partial charge in [0.2, 0.25) is 5.91 Å². The topological polar surface area (TPSA) is 65.6 Å². The Morgan fingerprint density at radius 2 is 1.81 bits per heavy atom. The second-order valence-corrected chi connectivity index (χ2v) is 7.37. The summed E-state index contributed by atoms with van der Waals surface area (Å²) < 4.78 is 5.51. The summed E-state index contributed by atoms with van der Waals surface area (Å²) in [5.74, 6) is 1.05. The molecular formula is C21H25N3O3. The summed E-state index contributed by atoms with van der Waals surface area (Å²) in [6.07, 6.45) is 1.27. The fourth-order valence-electron chi connectivity index (χ4n) is 3.90. The first kappa shape index (κ1) is 17.6. The molecule has 27 heavy (non-hydrogen) atoms. The van der Waals surface area contributed by atoms with E-state index in [4.69, 9.17) is 4.74 Å². The highest BCUT2D eigenvalue weighted by molar-refractivity contribution is 5.95. The van der Waals surface area contributed by atoms with Gasteiger partial charge >= 0.3 is 0 Å². The van der Waals surface area contributed by atoms with Gasteiger partial charge in [-0.05, 0) is 49.2 Å². The van der Waals surface area contributed by atoms with Crippen LogP contribution in [0.15, 0.2) is 24.3 Å². The van der Waals surface area contributed by atoms with Crippen molar-refractivity contribution in [3.63, 3.8) is 0 Å². The van der Waals surface area contributed by atoms with Gasteiger partial charge in [0.1, 0.15) is 5.75 Å². The summed E-state index contributed by atoms with van der Waals surface area (Å²) in [4.78, 5) is 32.3. The highest BCUT2D eigenvalue weighted by Crippen LogP contribution is 2.26. The number of hydrogen-bond acceptors (Lipinski definition) is 3. The van der Waals surface area contributed by atoms with E-state index in [0.29, 0.717) is 44.8 Å². The van der Waals surface area contributed by atoms with Crippen molar-refractivity contribution < 1.29 is 14.3 Å². The van der Waals surface area contributed by atoms with Crippen LogP contribution in [0.2, 0.25) is 0 Å². The van der Waals surface area contributed by atoms with Gasteiger partial charge in [0.25, 0.3) is 5.91 Å². The number of hydrogen-bond donors (Lipinski definition) is 1. The summed E-state index contributed by atoms with van der Waals surface area (Å²) in [6.45, 7) is 6.99. The van der Waals surface area contributed by atoms with Crippen LogP contribution < -0.4 is 4.74 Å². The third-order valence-electron chi connectivity index (χ3n) is 5.45. The predicted octanol–water partition coefficient (Wildman–Crippen LogP) is 2.09. The average Bonchev–Trinajstić information content (AvgIpc) is 3.26. The molecule has 142 valence electrons. The molecule has 1 aromatic carbocycles. The second kappa shape index (κ2) is 7.10. The van der Waals surface area contributed by atoms with Crippen molar-refractivity contribution in [2.24, 2.45) is 0 Å². The fraction of sp³-hybridized carbons (Fsp3) is 0.429. The van der Waals surface area contributed by atoms with Crippen molar-refractivity contribution in [2.75, 3.05) is 32.8 Å². The molecule has 1 fully saturated rings. The first-order chi connectivity index (χ1) is 13.0. The van der Waals surface area contributed by atoms with Gasteiger partial charge < -0.3 is 19.5 Å². The maximum Gasteiger partial charge on any atom is 0.253 e. The van der Waals surface area contributed by atoms with E-state index in [1.807, 2.05) is 47.9 Å². The smallest absolute Gasteiger partial charge is 0.253 e. The molecule has 2 aliphatic heterocycles. The number of carbonyl (C=O) groups is 2. The molecule has 0 saturated carbocycles. The van der Waals surface area contributed by atoms with Crippen molar-refractivity contribution in [2.45, 2.75) is 26.7 Å². The van der Waals surface area contributed by atoms with E-state index in [2.05, 4.69) is 4.98 Å². The number of ether oxygens (including phenoxy) is 1. The van der Waals surface area contributed by atoms with Crippen LogP contribution in [0.3, 0.4) is 0 Å². The van der Waals surface area contributed by atoms with E-state index >= 15 is 0 Å². The summed E-state index contributed by atoms with van der Waals surface area (Å²) in [5.41, 5.74) is 4.99. The van der Waals surface area contributed by atoms with Crippen molar-refractivity contribution >= 4 is 11.8 Å². The Balaban J connectivity index is 1.35. The number of H-pyrrole nitrogens is 1. The molecule has 4 rings (SSSR count). The molecule has 0 radical (unpaired) electrons. The van der Waals surface area contributed by atoms with Gasteiger partial charge in [0, 0.05) is 49.6 Å². The number of amides is 2. The monoisotopic (exact) mass is 367 g/mol. The molecule has 1 saturated heterocycles. The lowest BCUT2D eigenvalue weighted by Crippen LogP contribution is -2.51. The Labute approximate surface area is 159 Å². The Morgan fingerprint density at radius 3 is 2.52 bits per heavy atom. The number of rotatable bonds is 3. The minimum Gasteiger partial charge on any atom is -0.493 e. The van der Waals surface area contributed by atoms with Gasteiger partial charge in [-0.1, -0.05) is 0 Å². The standard InChI is InChI=1S/C21H25N3O3/c1-14-11-18(15(2)22-14)13-20(25)23-6-8-24(9-7-23)21(26)17-3-4-19-16(12-17)5-10-27-19/h3-4,11-12,22H,5-10,13H2,1-2H3.